The third-order valence-corrected chi connectivity index (χ3v) is 5.27. The summed E-state index contributed by atoms with van der Waals surface area (Å²) in [6.45, 7) is 3.14. The Morgan fingerprint density at radius 3 is 2.68 bits per heavy atom. The second-order valence-corrected chi connectivity index (χ2v) is 7.21. The minimum absolute atomic E-state index is 0.0784. The molecule has 2 aromatic carbocycles. The summed E-state index contributed by atoms with van der Waals surface area (Å²) in [6.07, 6.45) is 1.79. The number of aromatic nitrogens is 2. The quantitative estimate of drug-likeness (QED) is 0.760. The number of ether oxygens (including phenoxy) is 1. The molecule has 0 radical (unpaired) electrons. The van der Waals surface area contributed by atoms with Crippen molar-refractivity contribution in [2.24, 2.45) is 5.73 Å². The predicted octanol–water partition coefficient (Wildman–Crippen LogP) is 2.76. The molecule has 0 aliphatic carbocycles. The summed E-state index contributed by atoms with van der Waals surface area (Å²) in [5, 5.41) is 4.50. The average molecular weight is 376 g/mol. The molecule has 0 bridgehead atoms. The second kappa shape index (κ2) is 7.48. The fourth-order valence-electron chi connectivity index (χ4n) is 3.76. The van der Waals surface area contributed by atoms with Crippen LogP contribution in [-0.2, 0) is 0 Å². The van der Waals surface area contributed by atoms with E-state index in [0.29, 0.717) is 24.5 Å². The van der Waals surface area contributed by atoms with Crippen molar-refractivity contribution in [2.75, 3.05) is 20.2 Å². The molecule has 0 unspecified atom stereocenters. The molecule has 144 valence electrons. The van der Waals surface area contributed by atoms with Gasteiger partial charge in [-0.1, -0.05) is 36.4 Å². The lowest BCUT2D eigenvalue weighted by atomic mass is 9.95. The zero-order valence-corrected chi connectivity index (χ0v) is 16.1. The van der Waals surface area contributed by atoms with E-state index in [1.165, 1.54) is 5.56 Å². The van der Waals surface area contributed by atoms with Crippen LogP contribution in [0.25, 0.3) is 5.69 Å². The van der Waals surface area contributed by atoms with Crippen molar-refractivity contribution in [3.05, 3.63) is 77.6 Å². The van der Waals surface area contributed by atoms with Gasteiger partial charge in [0.25, 0.3) is 5.91 Å². The molecule has 1 amide bonds. The topological polar surface area (TPSA) is 73.4 Å². The molecule has 1 saturated heterocycles. The lowest BCUT2D eigenvalue weighted by Crippen LogP contribution is -2.32. The van der Waals surface area contributed by atoms with Crippen LogP contribution in [0.2, 0.25) is 0 Å². The molecule has 0 spiro atoms. The summed E-state index contributed by atoms with van der Waals surface area (Å²) in [6, 6.07) is 17.7. The van der Waals surface area contributed by atoms with Crippen LogP contribution in [0.1, 0.15) is 27.5 Å². The number of nitrogens with zero attached hydrogens (tertiary/aromatic N) is 3. The number of amides is 1. The van der Waals surface area contributed by atoms with Crippen LogP contribution in [0.3, 0.4) is 0 Å². The summed E-state index contributed by atoms with van der Waals surface area (Å²) in [7, 11) is 1.62. The average Bonchev–Trinajstić information content (AvgIpc) is 3.35. The van der Waals surface area contributed by atoms with Gasteiger partial charge in [-0.05, 0) is 36.2 Å². The first-order valence-electron chi connectivity index (χ1n) is 9.37. The fourth-order valence-corrected chi connectivity index (χ4v) is 3.76. The minimum atomic E-state index is -0.0979. The standard InChI is InChI=1S/C22H24N4O2/c1-15-8-9-21(28-2)20(12-15)26-11-10-19(24-26)22(27)25-13-17(18(23)14-25)16-6-4-3-5-7-16/h3-12,17-18H,13-14,23H2,1-2H3/t17-,18+/m0/s1. The monoisotopic (exact) mass is 376 g/mol. The fraction of sp³-hybridized carbons (Fsp3) is 0.273. The van der Waals surface area contributed by atoms with E-state index < -0.39 is 0 Å². The Hall–Kier alpha value is -3.12. The molecule has 2 heterocycles. The molecule has 2 atom stereocenters. The van der Waals surface area contributed by atoms with Crippen molar-refractivity contribution in [2.45, 2.75) is 18.9 Å². The highest BCUT2D eigenvalue weighted by atomic mass is 16.5. The molecule has 1 aromatic heterocycles. The van der Waals surface area contributed by atoms with E-state index in [4.69, 9.17) is 10.5 Å². The third-order valence-electron chi connectivity index (χ3n) is 5.27. The summed E-state index contributed by atoms with van der Waals surface area (Å²) >= 11 is 0. The molecule has 0 saturated carbocycles. The number of carbonyl (C=O) groups excluding carboxylic acids is 1. The van der Waals surface area contributed by atoms with Gasteiger partial charge in [-0.2, -0.15) is 5.10 Å². The van der Waals surface area contributed by atoms with Gasteiger partial charge in [-0.25, -0.2) is 4.68 Å². The molecule has 1 aliphatic rings. The van der Waals surface area contributed by atoms with Gasteiger partial charge in [-0.15, -0.1) is 0 Å². The van der Waals surface area contributed by atoms with Crippen LogP contribution in [0.5, 0.6) is 5.75 Å². The van der Waals surface area contributed by atoms with Crippen LogP contribution in [0, 0.1) is 6.92 Å². The van der Waals surface area contributed by atoms with Gasteiger partial charge < -0.3 is 15.4 Å². The summed E-state index contributed by atoms with van der Waals surface area (Å²) in [5.74, 6) is 0.753. The van der Waals surface area contributed by atoms with Crippen LogP contribution in [0.15, 0.2) is 60.8 Å². The highest BCUT2D eigenvalue weighted by molar-refractivity contribution is 5.92. The lowest BCUT2D eigenvalue weighted by Gasteiger charge is -2.15. The first-order valence-corrected chi connectivity index (χ1v) is 9.37. The zero-order chi connectivity index (χ0) is 19.7. The SMILES string of the molecule is COc1ccc(C)cc1-n1ccc(C(=O)N2C[C@@H](N)[C@H](c3ccccc3)C2)n1. The zero-order valence-electron chi connectivity index (χ0n) is 16.1. The summed E-state index contributed by atoms with van der Waals surface area (Å²) in [5.41, 5.74) is 9.81. The summed E-state index contributed by atoms with van der Waals surface area (Å²) < 4.78 is 7.11. The molecule has 4 rings (SSSR count). The molecule has 1 aliphatic heterocycles. The van der Waals surface area contributed by atoms with Crippen molar-refractivity contribution in [1.82, 2.24) is 14.7 Å². The molecule has 1 fully saturated rings. The lowest BCUT2D eigenvalue weighted by molar-refractivity contribution is 0.0783. The highest BCUT2D eigenvalue weighted by Crippen LogP contribution is 2.28. The Balaban J connectivity index is 1.55. The van der Waals surface area contributed by atoms with E-state index >= 15 is 0 Å². The van der Waals surface area contributed by atoms with E-state index in [1.54, 1.807) is 29.0 Å². The number of aryl methyl sites for hydroxylation is 1. The van der Waals surface area contributed by atoms with Crippen molar-refractivity contribution in [3.63, 3.8) is 0 Å². The van der Waals surface area contributed by atoms with Crippen LogP contribution >= 0.6 is 0 Å². The third kappa shape index (κ3) is 3.39. The predicted molar refractivity (Wildman–Crippen MR) is 108 cm³/mol. The van der Waals surface area contributed by atoms with Gasteiger partial charge in [0.2, 0.25) is 0 Å². The maximum Gasteiger partial charge on any atom is 0.274 e. The number of nitrogens with two attached hydrogens (primary N) is 1. The van der Waals surface area contributed by atoms with Gasteiger partial charge >= 0.3 is 0 Å². The number of likely N-dealkylation sites (tertiary alicyclic amines) is 1. The molecule has 2 N–H and O–H groups in total. The smallest absolute Gasteiger partial charge is 0.274 e. The van der Waals surface area contributed by atoms with Gasteiger partial charge in [0.15, 0.2) is 5.69 Å². The Morgan fingerprint density at radius 1 is 1.14 bits per heavy atom. The maximum absolute atomic E-state index is 13.0. The molecular weight excluding hydrogens is 352 g/mol. The first-order chi connectivity index (χ1) is 13.6. The van der Waals surface area contributed by atoms with Crippen molar-refractivity contribution in [1.29, 1.82) is 0 Å². The number of methoxy groups -OCH3 is 1. The van der Waals surface area contributed by atoms with Crippen LogP contribution < -0.4 is 10.5 Å². The normalized spacial score (nSPS) is 19.0. The van der Waals surface area contributed by atoms with Crippen molar-refractivity contribution < 1.29 is 9.53 Å². The van der Waals surface area contributed by atoms with Gasteiger partial charge in [0, 0.05) is 31.2 Å². The summed E-state index contributed by atoms with van der Waals surface area (Å²) in [4.78, 5) is 14.8. The van der Waals surface area contributed by atoms with Crippen LogP contribution in [-0.4, -0.2) is 46.8 Å². The van der Waals surface area contributed by atoms with Gasteiger partial charge in [-0.3, -0.25) is 4.79 Å². The van der Waals surface area contributed by atoms with Crippen molar-refractivity contribution in [3.8, 4) is 11.4 Å². The van der Waals surface area contributed by atoms with E-state index in [0.717, 1.165) is 11.3 Å². The number of benzene rings is 2. The number of carbonyl (C=O) groups is 1. The van der Waals surface area contributed by atoms with Crippen LogP contribution in [0.4, 0.5) is 0 Å². The van der Waals surface area contributed by atoms with E-state index in [2.05, 4.69) is 17.2 Å². The van der Waals surface area contributed by atoms with Crippen molar-refractivity contribution >= 4 is 5.91 Å². The largest absolute Gasteiger partial charge is 0.494 e. The number of hydrogen-bond acceptors (Lipinski definition) is 4. The van der Waals surface area contributed by atoms with Gasteiger partial charge in [0.1, 0.15) is 11.4 Å². The molecular formula is C22H24N4O2. The van der Waals surface area contributed by atoms with E-state index in [1.807, 2.05) is 43.3 Å². The number of hydrogen-bond donors (Lipinski definition) is 1. The Kier molecular flexibility index (Phi) is 4.88. The Bertz CT molecular complexity index is 983. The molecule has 6 heteroatoms. The van der Waals surface area contributed by atoms with Gasteiger partial charge in [0.05, 0.1) is 7.11 Å². The van der Waals surface area contributed by atoms with E-state index in [9.17, 15) is 4.79 Å². The maximum atomic E-state index is 13.0. The first kappa shape index (κ1) is 18.3. The molecule has 6 nitrogen and oxygen atoms in total. The molecule has 3 aromatic rings. The Labute approximate surface area is 164 Å². The second-order valence-electron chi connectivity index (χ2n) is 7.21. The number of rotatable bonds is 4. The minimum Gasteiger partial charge on any atom is -0.494 e. The highest BCUT2D eigenvalue weighted by Gasteiger charge is 2.34. The Morgan fingerprint density at radius 2 is 1.93 bits per heavy atom. The van der Waals surface area contributed by atoms with E-state index in [-0.39, 0.29) is 17.9 Å². The molecule has 28 heavy (non-hydrogen) atoms.